The zero-order valence-corrected chi connectivity index (χ0v) is 11.8. The molecule has 4 heteroatoms. The summed E-state index contributed by atoms with van der Waals surface area (Å²) in [6.07, 6.45) is 2.08. The maximum atomic E-state index is 11.8. The molecule has 17 heavy (non-hydrogen) atoms. The van der Waals surface area contributed by atoms with Crippen molar-refractivity contribution in [1.82, 2.24) is 5.32 Å². The third-order valence-corrected chi connectivity index (χ3v) is 3.26. The Hall–Kier alpha value is -1.03. The van der Waals surface area contributed by atoms with Gasteiger partial charge in [-0.2, -0.15) is 0 Å². The van der Waals surface area contributed by atoms with E-state index in [0.29, 0.717) is 12.1 Å². The molecule has 0 aromatic heterocycles. The number of halogens is 1. The van der Waals surface area contributed by atoms with Gasteiger partial charge in [-0.1, -0.05) is 40.9 Å². The number of aromatic hydroxyl groups is 1. The third-order valence-electron chi connectivity index (χ3n) is 2.48. The van der Waals surface area contributed by atoms with Gasteiger partial charge in [0, 0.05) is 11.4 Å². The van der Waals surface area contributed by atoms with Crippen LogP contribution in [0, 0.1) is 6.92 Å². The van der Waals surface area contributed by atoms with Crippen molar-refractivity contribution in [2.75, 3.05) is 6.54 Å². The van der Waals surface area contributed by atoms with Gasteiger partial charge in [-0.25, -0.2) is 0 Å². The molecule has 1 atom stereocenters. The number of nitrogens with one attached hydrogen (secondary N) is 1. The largest absolute Gasteiger partial charge is 0.507 e. The van der Waals surface area contributed by atoms with E-state index in [1.807, 2.05) is 6.92 Å². The van der Waals surface area contributed by atoms with Crippen LogP contribution in [0.1, 0.15) is 35.7 Å². The van der Waals surface area contributed by atoms with E-state index in [2.05, 4.69) is 28.2 Å². The van der Waals surface area contributed by atoms with Crippen LogP contribution in [0.25, 0.3) is 0 Å². The highest BCUT2D eigenvalue weighted by Gasteiger charge is 2.12. The van der Waals surface area contributed by atoms with Crippen molar-refractivity contribution in [3.05, 3.63) is 29.3 Å². The first-order valence-electron chi connectivity index (χ1n) is 5.76. The summed E-state index contributed by atoms with van der Waals surface area (Å²) < 4.78 is 0. The van der Waals surface area contributed by atoms with E-state index in [9.17, 15) is 9.90 Å². The van der Waals surface area contributed by atoms with E-state index in [1.165, 1.54) is 0 Å². The van der Waals surface area contributed by atoms with E-state index >= 15 is 0 Å². The average molecular weight is 300 g/mol. The summed E-state index contributed by atoms with van der Waals surface area (Å²) in [6, 6.07) is 5.01. The zero-order valence-electron chi connectivity index (χ0n) is 10.2. The van der Waals surface area contributed by atoms with Crippen molar-refractivity contribution < 1.29 is 9.90 Å². The number of hydrogen-bond acceptors (Lipinski definition) is 2. The fourth-order valence-electron chi connectivity index (χ4n) is 1.55. The first-order valence-corrected chi connectivity index (χ1v) is 6.68. The van der Waals surface area contributed by atoms with Crippen molar-refractivity contribution in [2.45, 2.75) is 31.5 Å². The van der Waals surface area contributed by atoms with Gasteiger partial charge >= 0.3 is 0 Å². The summed E-state index contributed by atoms with van der Waals surface area (Å²) in [4.78, 5) is 12.1. The lowest BCUT2D eigenvalue weighted by atomic mass is 10.1. The Bertz CT molecular complexity index is 393. The minimum atomic E-state index is -0.230. The molecule has 1 aromatic carbocycles. The van der Waals surface area contributed by atoms with Crippen LogP contribution in [0.5, 0.6) is 5.75 Å². The third kappa shape index (κ3) is 4.38. The molecule has 1 amide bonds. The summed E-state index contributed by atoms with van der Waals surface area (Å²) in [6.45, 7) is 4.56. The molecule has 0 aliphatic carbocycles. The van der Waals surface area contributed by atoms with Gasteiger partial charge in [0.25, 0.3) is 5.91 Å². The second kappa shape index (κ2) is 6.64. The second-order valence-corrected chi connectivity index (χ2v) is 5.41. The molecule has 3 nitrogen and oxygen atoms in total. The van der Waals surface area contributed by atoms with Crippen molar-refractivity contribution in [1.29, 1.82) is 0 Å². The molecular weight excluding hydrogens is 282 g/mol. The molecule has 1 aromatic rings. The molecule has 0 saturated carbocycles. The van der Waals surface area contributed by atoms with Gasteiger partial charge in [0.1, 0.15) is 5.75 Å². The highest BCUT2D eigenvalue weighted by molar-refractivity contribution is 9.09. The van der Waals surface area contributed by atoms with Gasteiger partial charge in [-0.15, -0.1) is 0 Å². The topological polar surface area (TPSA) is 49.3 Å². The maximum Gasteiger partial charge on any atom is 0.255 e. The second-order valence-electron chi connectivity index (χ2n) is 4.12. The molecule has 0 fully saturated rings. The number of benzene rings is 1. The van der Waals surface area contributed by atoms with E-state index in [0.717, 1.165) is 18.4 Å². The van der Waals surface area contributed by atoms with Crippen LogP contribution in [0.15, 0.2) is 18.2 Å². The van der Waals surface area contributed by atoms with Gasteiger partial charge < -0.3 is 10.4 Å². The van der Waals surface area contributed by atoms with Gasteiger partial charge in [-0.05, 0) is 25.5 Å². The Morgan fingerprint density at radius 3 is 2.88 bits per heavy atom. The number of amides is 1. The summed E-state index contributed by atoms with van der Waals surface area (Å²) in [5.74, 6) is -0.207. The smallest absolute Gasteiger partial charge is 0.255 e. The highest BCUT2D eigenvalue weighted by Crippen LogP contribution is 2.18. The zero-order chi connectivity index (χ0) is 12.8. The van der Waals surface area contributed by atoms with Crippen molar-refractivity contribution in [3.8, 4) is 5.75 Å². The first-order chi connectivity index (χ1) is 8.04. The first kappa shape index (κ1) is 14.0. The van der Waals surface area contributed by atoms with Crippen LogP contribution in [0.2, 0.25) is 0 Å². The lowest BCUT2D eigenvalue weighted by Gasteiger charge is -2.11. The number of alkyl halides is 1. The number of rotatable bonds is 5. The number of aryl methyl sites for hydroxylation is 1. The quantitative estimate of drug-likeness (QED) is 0.821. The summed E-state index contributed by atoms with van der Waals surface area (Å²) in [5, 5.41) is 12.4. The number of carbonyl (C=O) groups excluding carboxylic acids is 1. The molecule has 94 valence electrons. The standard InChI is InChI=1S/C13H18BrNO2/c1-3-4-10(14)8-15-13(17)11-7-9(2)5-6-12(11)16/h5-7,10,16H,3-4,8H2,1-2H3,(H,15,17). The molecule has 1 unspecified atom stereocenters. The summed E-state index contributed by atoms with van der Waals surface area (Å²) >= 11 is 3.49. The fourth-order valence-corrected chi connectivity index (χ4v) is 2.17. The van der Waals surface area contributed by atoms with Crippen molar-refractivity contribution in [2.24, 2.45) is 0 Å². The maximum absolute atomic E-state index is 11.8. The van der Waals surface area contributed by atoms with Crippen LogP contribution in [0.4, 0.5) is 0 Å². The Morgan fingerprint density at radius 1 is 1.53 bits per heavy atom. The normalized spacial score (nSPS) is 12.2. The van der Waals surface area contributed by atoms with Gasteiger partial charge in [0.15, 0.2) is 0 Å². The van der Waals surface area contributed by atoms with E-state index in [-0.39, 0.29) is 16.5 Å². The predicted molar refractivity (Wildman–Crippen MR) is 72.8 cm³/mol. The Morgan fingerprint density at radius 2 is 2.24 bits per heavy atom. The van der Waals surface area contributed by atoms with Crippen LogP contribution < -0.4 is 5.32 Å². The van der Waals surface area contributed by atoms with E-state index in [4.69, 9.17) is 0 Å². The van der Waals surface area contributed by atoms with Crippen LogP contribution >= 0.6 is 15.9 Å². The van der Waals surface area contributed by atoms with Gasteiger partial charge in [-0.3, -0.25) is 4.79 Å². The number of phenols is 1. The number of carbonyl (C=O) groups is 1. The van der Waals surface area contributed by atoms with Gasteiger partial charge in [0.2, 0.25) is 0 Å². The predicted octanol–water partition coefficient (Wildman–Crippen LogP) is 2.99. The molecule has 2 N–H and O–H groups in total. The minimum Gasteiger partial charge on any atom is -0.507 e. The molecule has 0 heterocycles. The SMILES string of the molecule is CCCC(Br)CNC(=O)c1cc(C)ccc1O. The molecule has 0 aliphatic heterocycles. The molecule has 1 rings (SSSR count). The Labute approximate surface area is 110 Å². The van der Waals surface area contributed by atoms with Crippen LogP contribution in [-0.2, 0) is 0 Å². The van der Waals surface area contributed by atoms with E-state index in [1.54, 1.807) is 18.2 Å². The van der Waals surface area contributed by atoms with E-state index < -0.39 is 0 Å². The monoisotopic (exact) mass is 299 g/mol. The lowest BCUT2D eigenvalue weighted by molar-refractivity contribution is 0.0951. The molecular formula is C13H18BrNO2. The molecule has 0 aliphatic rings. The fraction of sp³-hybridized carbons (Fsp3) is 0.462. The van der Waals surface area contributed by atoms with Crippen LogP contribution in [-0.4, -0.2) is 22.4 Å². The molecule has 0 bridgehead atoms. The summed E-state index contributed by atoms with van der Waals surface area (Å²) in [7, 11) is 0. The van der Waals surface area contributed by atoms with Crippen LogP contribution in [0.3, 0.4) is 0 Å². The Kier molecular flexibility index (Phi) is 5.48. The van der Waals surface area contributed by atoms with Gasteiger partial charge in [0.05, 0.1) is 5.56 Å². The minimum absolute atomic E-state index is 0.0229. The molecule has 0 spiro atoms. The molecule has 0 radical (unpaired) electrons. The van der Waals surface area contributed by atoms with Crippen molar-refractivity contribution in [3.63, 3.8) is 0 Å². The Balaban J connectivity index is 2.61. The lowest BCUT2D eigenvalue weighted by Crippen LogP contribution is -2.29. The number of hydrogen-bond donors (Lipinski definition) is 2. The van der Waals surface area contributed by atoms with Crippen molar-refractivity contribution >= 4 is 21.8 Å². The summed E-state index contributed by atoms with van der Waals surface area (Å²) in [5.41, 5.74) is 1.29. The average Bonchev–Trinajstić information content (AvgIpc) is 2.29. The molecule has 0 saturated heterocycles. The number of phenolic OH excluding ortho intramolecular Hbond substituents is 1. The highest BCUT2D eigenvalue weighted by atomic mass is 79.9.